The van der Waals surface area contributed by atoms with E-state index in [1.807, 2.05) is 18.7 Å². The van der Waals surface area contributed by atoms with E-state index in [1.54, 1.807) is 25.6 Å². The zero-order chi connectivity index (χ0) is 17.7. The molecule has 4 rings (SSSR count). The summed E-state index contributed by atoms with van der Waals surface area (Å²) in [6, 6.07) is 4.44. The summed E-state index contributed by atoms with van der Waals surface area (Å²) < 4.78 is 14.0. The molecule has 0 saturated carbocycles. The van der Waals surface area contributed by atoms with E-state index in [4.69, 9.17) is 14.5 Å². The van der Waals surface area contributed by atoms with E-state index >= 15 is 0 Å². The number of methoxy groups -OCH3 is 2. The zero-order valence-corrected chi connectivity index (χ0v) is 16.0. The molecule has 1 atom stereocenters. The number of anilines is 1. The quantitative estimate of drug-likeness (QED) is 0.717. The molecule has 1 aromatic carbocycles. The van der Waals surface area contributed by atoms with Gasteiger partial charge in [0.2, 0.25) is 0 Å². The van der Waals surface area contributed by atoms with E-state index in [9.17, 15) is 0 Å². The molecule has 0 spiro atoms. The van der Waals surface area contributed by atoms with Crippen LogP contribution < -0.4 is 14.4 Å². The van der Waals surface area contributed by atoms with Gasteiger partial charge in [-0.15, -0.1) is 0 Å². The summed E-state index contributed by atoms with van der Waals surface area (Å²) in [4.78, 5) is 7.22. The molecular formula is C18H22N4O2S. The van der Waals surface area contributed by atoms with Crippen molar-refractivity contribution in [3.05, 3.63) is 29.0 Å². The van der Waals surface area contributed by atoms with Crippen molar-refractivity contribution in [2.45, 2.75) is 26.3 Å². The van der Waals surface area contributed by atoms with Crippen LogP contribution in [0.5, 0.6) is 11.5 Å². The molecule has 7 heteroatoms. The van der Waals surface area contributed by atoms with E-state index in [0.29, 0.717) is 0 Å². The van der Waals surface area contributed by atoms with Crippen molar-refractivity contribution in [3.63, 3.8) is 0 Å². The fraction of sp³-hybridized carbons (Fsp3) is 0.444. The van der Waals surface area contributed by atoms with E-state index in [1.165, 1.54) is 15.8 Å². The lowest BCUT2D eigenvalue weighted by Crippen LogP contribution is -2.33. The molecule has 0 radical (unpaired) electrons. The second-order valence-corrected chi connectivity index (χ2v) is 7.36. The third-order valence-electron chi connectivity index (χ3n) is 4.96. The summed E-state index contributed by atoms with van der Waals surface area (Å²) in [5.41, 5.74) is 4.60. The average Bonchev–Trinajstić information content (AvgIpc) is 3.16. The van der Waals surface area contributed by atoms with Gasteiger partial charge < -0.3 is 14.4 Å². The summed E-state index contributed by atoms with van der Waals surface area (Å²) in [5, 5.41) is 5.50. The third-order valence-corrected chi connectivity index (χ3v) is 6.15. The number of ether oxygens (including phenoxy) is 2. The van der Waals surface area contributed by atoms with Gasteiger partial charge in [0.15, 0.2) is 22.3 Å². The Morgan fingerprint density at radius 2 is 1.92 bits per heavy atom. The Bertz CT molecular complexity index is 912. The Labute approximate surface area is 151 Å². The average molecular weight is 358 g/mol. The van der Waals surface area contributed by atoms with Crippen LogP contribution in [0.1, 0.15) is 29.8 Å². The Hall–Kier alpha value is -2.28. The Balaban J connectivity index is 1.75. The maximum absolute atomic E-state index is 5.49. The molecule has 6 nitrogen and oxygen atoms in total. The van der Waals surface area contributed by atoms with Crippen molar-refractivity contribution in [1.29, 1.82) is 0 Å². The molecule has 1 aliphatic heterocycles. The van der Waals surface area contributed by atoms with Crippen LogP contribution in [0.25, 0.3) is 10.3 Å². The summed E-state index contributed by atoms with van der Waals surface area (Å²) in [5.74, 6) is 1.57. The van der Waals surface area contributed by atoms with Crippen LogP contribution in [-0.2, 0) is 13.5 Å². The Kier molecular flexibility index (Phi) is 3.83. The number of hydrogen-bond donors (Lipinski definition) is 0. The van der Waals surface area contributed by atoms with Crippen LogP contribution in [0, 0.1) is 6.92 Å². The number of benzene rings is 1. The predicted molar refractivity (Wildman–Crippen MR) is 100 cm³/mol. The van der Waals surface area contributed by atoms with Gasteiger partial charge in [-0.1, -0.05) is 11.3 Å². The number of nitrogens with zero attached hydrogens (tertiary/aromatic N) is 4. The van der Waals surface area contributed by atoms with Crippen LogP contribution >= 0.6 is 11.3 Å². The lowest BCUT2D eigenvalue weighted by atomic mass is 9.93. The van der Waals surface area contributed by atoms with Crippen molar-refractivity contribution in [3.8, 4) is 11.5 Å². The van der Waals surface area contributed by atoms with E-state index < -0.39 is 0 Å². The van der Waals surface area contributed by atoms with Crippen LogP contribution in [0.3, 0.4) is 0 Å². The first-order valence-electron chi connectivity index (χ1n) is 8.35. The maximum atomic E-state index is 5.49. The SMILES string of the molecule is COc1cc2c(cc1OC)C(C)N(c1nc3c(s1)c(C)nn3C)CC2. The van der Waals surface area contributed by atoms with Crippen LogP contribution in [0.2, 0.25) is 0 Å². The number of hydrogen-bond acceptors (Lipinski definition) is 6. The molecule has 3 heterocycles. The standard InChI is InChI=1S/C18H22N4O2S/c1-10-16-17(21(3)20-10)19-18(25-16)22-7-6-12-8-14(23-4)15(24-5)9-13(12)11(22)2/h8-9,11H,6-7H2,1-5H3. The second-order valence-electron chi connectivity index (χ2n) is 6.38. The first kappa shape index (κ1) is 16.2. The second kappa shape index (κ2) is 5.91. The highest BCUT2D eigenvalue weighted by atomic mass is 32.1. The molecular weight excluding hydrogens is 336 g/mol. The molecule has 0 amide bonds. The van der Waals surface area contributed by atoms with E-state index in [-0.39, 0.29) is 6.04 Å². The van der Waals surface area contributed by atoms with Crippen LogP contribution in [-0.4, -0.2) is 35.5 Å². The minimum absolute atomic E-state index is 0.234. The zero-order valence-electron chi connectivity index (χ0n) is 15.2. The molecule has 0 aliphatic carbocycles. The molecule has 132 valence electrons. The van der Waals surface area contributed by atoms with Crippen molar-refractivity contribution >= 4 is 26.8 Å². The van der Waals surface area contributed by atoms with Gasteiger partial charge in [-0.25, -0.2) is 9.67 Å². The van der Waals surface area contributed by atoms with Crippen LogP contribution in [0.4, 0.5) is 5.13 Å². The summed E-state index contributed by atoms with van der Waals surface area (Å²) >= 11 is 1.72. The third kappa shape index (κ3) is 2.45. The predicted octanol–water partition coefficient (Wildman–Crippen LogP) is 3.48. The molecule has 1 aliphatic rings. The monoisotopic (exact) mass is 358 g/mol. The molecule has 0 bridgehead atoms. The van der Waals surface area contributed by atoms with Gasteiger partial charge in [0.05, 0.1) is 30.7 Å². The molecule has 3 aromatic rings. The summed E-state index contributed by atoms with van der Waals surface area (Å²) in [6.07, 6.45) is 0.965. The van der Waals surface area contributed by atoms with E-state index in [0.717, 1.165) is 40.9 Å². The topological polar surface area (TPSA) is 52.4 Å². The van der Waals surface area contributed by atoms with Gasteiger partial charge in [0, 0.05) is 13.6 Å². The van der Waals surface area contributed by atoms with E-state index in [2.05, 4.69) is 29.1 Å². The van der Waals surface area contributed by atoms with Gasteiger partial charge in [-0.2, -0.15) is 5.10 Å². The number of aromatic nitrogens is 3. The Morgan fingerprint density at radius 1 is 1.20 bits per heavy atom. The van der Waals surface area contributed by atoms with Crippen molar-refractivity contribution in [1.82, 2.24) is 14.8 Å². The molecule has 0 fully saturated rings. The minimum Gasteiger partial charge on any atom is -0.493 e. The van der Waals surface area contributed by atoms with Gasteiger partial charge in [-0.3, -0.25) is 0 Å². The number of rotatable bonds is 3. The Morgan fingerprint density at radius 3 is 2.60 bits per heavy atom. The fourth-order valence-corrected chi connectivity index (χ4v) is 4.74. The smallest absolute Gasteiger partial charge is 0.188 e. The molecule has 2 aromatic heterocycles. The molecule has 0 saturated heterocycles. The van der Waals surface area contributed by atoms with Crippen LogP contribution in [0.15, 0.2) is 12.1 Å². The number of thiazole rings is 1. The highest BCUT2D eigenvalue weighted by Gasteiger charge is 2.28. The molecule has 0 N–H and O–H groups in total. The first-order chi connectivity index (χ1) is 12.0. The van der Waals surface area contributed by atoms with Crippen molar-refractivity contribution < 1.29 is 9.47 Å². The number of aryl methyl sites for hydroxylation is 2. The van der Waals surface area contributed by atoms with Gasteiger partial charge in [0.25, 0.3) is 0 Å². The highest BCUT2D eigenvalue weighted by Crippen LogP contribution is 2.41. The number of fused-ring (bicyclic) bond motifs is 2. The lowest BCUT2D eigenvalue weighted by Gasteiger charge is -2.35. The normalized spacial score (nSPS) is 17.0. The maximum Gasteiger partial charge on any atom is 0.188 e. The highest BCUT2D eigenvalue weighted by molar-refractivity contribution is 7.22. The summed E-state index contributed by atoms with van der Waals surface area (Å²) in [7, 11) is 5.31. The molecule has 1 unspecified atom stereocenters. The van der Waals surface area contributed by atoms with Gasteiger partial charge in [0.1, 0.15) is 0 Å². The van der Waals surface area contributed by atoms with Crippen molar-refractivity contribution in [2.75, 3.05) is 25.7 Å². The molecule has 25 heavy (non-hydrogen) atoms. The van der Waals surface area contributed by atoms with Gasteiger partial charge in [-0.05, 0) is 43.5 Å². The fourth-order valence-electron chi connectivity index (χ4n) is 3.60. The minimum atomic E-state index is 0.234. The summed E-state index contributed by atoms with van der Waals surface area (Å²) in [6.45, 7) is 5.20. The largest absolute Gasteiger partial charge is 0.493 e. The first-order valence-corrected chi connectivity index (χ1v) is 9.16. The van der Waals surface area contributed by atoms with Gasteiger partial charge >= 0.3 is 0 Å². The lowest BCUT2D eigenvalue weighted by molar-refractivity contribution is 0.353. The van der Waals surface area contributed by atoms with Crippen molar-refractivity contribution in [2.24, 2.45) is 7.05 Å².